The summed E-state index contributed by atoms with van der Waals surface area (Å²) in [4.78, 5) is 19.7. The molecular weight excluding hydrogens is 178 g/mol. The number of imidazole rings is 1. The Morgan fingerprint density at radius 1 is 1.43 bits per heavy atom. The van der Waals surface area contributed by atoms with Gasteiger partial charge in [0.1, 0.15) is 0 Å². The summed E-state index contributed by atoms with van der Waals surface area (Å²) < 4.78 is 1.75. The van der Waals surface area contributed by atoms with E-state index in [0.29, 0.717) is 11.3 Å². The minimum absolute atomic E-state index is 0.00206. The first-order valence-electron chi connectivity index (χ1n) is 4.51. The number of hydrogen-bond acceptors (Lipinski definition) is 3. The van der Waals surface area contributed by atoms with Crippen LogP contribution in [0.15, 0.2) is 24.8 Å². The van der Waals surface area contributed by atoms with E-state index in [1.165, 1.54) is 0 Å². The fourth-order valence-electron chi connectivity index (χ4n) is 1.28. The van der Waals surface area contributed by atoms with E-state index in [4.69, 9.17) is 0 Å². The molecule has 0 saturated carbocycles. The molecular formula is C10H11N3O. The van der Waals surface area contributed by atoms with Gasteiger partial charge in [-0.2, -0.15) is 0 Å². The molecule has 0 aliphatic heterocycles. The van der Waals surface area contributed by atoms with Crippen LogP contribution < -0.4 is 0 Å². The Labute approximate surface area is 81.6 Å². The summed E-state index contributed by atoms with van der Waals surface area (Å²) in [6.45, 7) is 3.75. The van der Waals surface area contributed by atoms with Crippen LogP contribution in [-0.2, 0) is 0 Å². The molecule has 0 spiro atoms. The lowest BCUT2D eigenvalue weighted by molar-refractivity contribution is 0.0938. The fourth-order valence-corrected chi connectivity index (χ4v) is 1.28. The van der Waals surface area contributed by atoms with Gasteiger partial charge in [0.05, 0.1) is 5.56 Å². The molecule has 0 fully saturated rings. The van der Waals surface area contributed by atoms with E-state index in [-0.39, 0.29) is 11.7 Å². The monoisotopic (exact) mass is 189 g/mol. The first-order valence-corrected chi connectivity index (χ1v) is 4.51. The van der Waals surface area contributed by atoms with Gasteiger partial charge in [0.15, 0.2) is 5.78 Å². The van der Waals surface area contributed by atoms with Gasteiger partial charge in [-0.3, -0.25) is 9.20 Å². The summed E-state index contributed by atoms with van der Waals surface area (Å²) in [5, 5.41) is 0. The summed E-state index contributed by atoms with van der Waals surface area (Å²) in [5.41, 5.74) is 0.630. The molecule has 4 nitrogen and oxygen atoms in total. The zero-order chi connectivity index (χ0) is 10.1. The van der Waals surface area contributed by atoms with Gasteiger partial charge >= 0.3 is 0 Å². The second-order valence-corrected chi connectivity index (χ2v) is 3.50. The molecule has 0 saturated heterocycles. The molecule has 2 aromatic heterocycles. The second kappa shape index (κ2) is 3.21. The van der Waals surface area contributed by atoms with Gasteiger partial charge in [-0.05, 0) is 0 Å². The molecule has 0 N–H and O–H groups in total. The van der Waals surface area contributed by atoms with Crippen LogP contribution in [0.3, 0.4) is 0 Å². The summed E-state index contributed by atoms with van der Waals surface area (Å²) in [5.74, 6) is 0.719. The van der Waals surface area contributed by atoms with Crippen LogP contribution in [0.1, 0.15) is 24.2 Å². The van der Waals surface area contributed by atoms with E-state index in [0.717, 1.165) is 0 Å². The average molecular weight is 189 g/mol. The van der Waals surface area contributed by atoms with Crippen LogP contribution in [0.4, 0.5) is 0 Å². The smallest absolute Gasteiger partial charge is 0.233 e. The minimum atomic E-state index is -0.00206. The van der Waals surface area contributed by atoms with Crippen molar-refractivity contribution in [2.24, 2.45) is 5.92 Å². The van der Waals surface area contributed by atoms with Crippen LogP contribution in [-0.4, -0.2) is 20.2 Å². The lowest BCUT2D eigenvalue weighted by Gasteiger charge is -2.03. The summed E-state index contributed by atoms with van der Waals surface area (Å²) >= 11 is 0. The predicted octanol–water partition coefficient (Wildman–Crippen LogP) is 1.57. The molecule has 2 rings (SSSR count). The fraction of sp³-hybridized carbons (Fsp3) is 0.300. The van der Waals surface area contributed by atoms with Crippen molar-refractivity contribution in [3.05, 3.63) is 30.4 Å². The van der Waals surface area contributed by atoms with Crippen LogP contribution in [0.25, 0.3) is 5.78 Å². The van der Waals surface area contributed by atoms with Crippen LogP contribution >= 0.6 is 0 Å². The number of Topliss-reactive ketones (excluding diaryl/α,β-unsaturated/α-hetero) is 1. The Bertz CT molecular complexity index is 473. The number of nitrogens with zero attached hydrogens (tertiary/aromatic N) is 3. The number of carbonyl (C=O) groups excluding carboxylic acids is 1. The van der Waals surface area contributed by atoms with Crippen molar-refractivity contribution in [1.29, 1.82) is 0 Å². The van der Waals surface area contributed by atoms with Crippen LogP contribution in [0.2, 0.25) is 0 Å². The van der Waals surface area contributed by atoms with Gasteiger partial charge < -0.3 is 0 Å². The standard InChI is InChI=1S/C10H11N3O/c1-7(2)9(14)8-5-12-10-11-3-4-13(10)6-8/h3-7H,1-2H3. The van der Waals surface area contributed by atoms with Gasteiger partial charge in [-0.1, -0.05) is 13.8 Å². The third-order valence-corrected chi connectivity index (χ3v) is 2.05. The highest BCUT2D eigenvalue weighted by Crippen LogP contribution is 2.07. The zero-order valence-corrected chi connectivity index (χ0v) is 8.14. The number of hydrogen-bond donors (Lipinski definition) is 0. The van der Waals surface area contributed by atoms with Crippen molar-refractivity contribution in [2.45, 2.75) is 13.8 Å². The highest BCUT2D eigenvalue weighted by Gasteiger charge is 2.11. The van der Waals surface area contributed by atoms with Crippen molar-refractivity contribution < 1.29 is 4.79 Å². The quantitative estimate of drug-likeness (QED) is 0.673. The van der Waals surface area contributed by atoms with Gasteiger partial charge in [0, 0.05) is 30.7 Å². The number of carbonyl (C=O) groups is 1. The second-order valence-electron chi connectivity index (χ2n) is 3.50. The van der Waals surface area contributed by atoms with Gasteiger partial charge in [0.25, 0.3) is 0 Å². The lowest BCUT2D eigenvalue weighted by Crippen LogP contribution is -2.09. The summed E-state index contributed by atoms with van der Waals surface area (Å²) in [6, 6.07) is 0. The van der Waals surface area contributed by atoms with Crippen molar-refractivity contribution in [3.8, 4) is 0 Å². The number of ketones is 1. The zero-order valence-electron chi connectivity index (χ0n) is 8.14. The van der Waals surface area contributed by atoms with E-state index >= 15 is 0 Å². The predicted molar refractivity (Wildman–Crippen MR) is 52.2 cm³/mol. The molecule has 0 unspecified atom stereocenters. The van der Waals surface area contributed by atoms with Gasteiger partial charge in [-0.15, -0.1) is 0 Å². The molecule has 0 aliphatic rings. The Hall–Kier alpha value is -1.71. The highest BCUT2D eigenvalue weighted by atomic mass is 16.1. The molecule has 2 aromatic rings. The molecule has 2 heterocycles. The molecule has 0 radical (unpaired) electrons. The summed E-state index contributed by atoms with van der Waals surface area (Å²) in [7, 11) is 0. The van der Waals surface area contributed by atoms with E-state index in [9.17, 15) is 4.79 Å². The molecule has 14 heavy (non-hydrogen) atoms. The molecule has 0 aliphatic carbocycles. The molecule has 0 aromatic carbocycles. The van der Waals surface area contributed by atoms with Crippen LogP contribution in [0, 0.1) is 5.92 Å². The SMILES string of the molecule is CC(C)C(=O)c1cnc2nccn2c1. The van der Waals surface area contributed by atoms with Crippen molar-refractivity contribution in [2.75, 3.05) is 0 Å². The lowest BCUT2D eigenvalue weighted by atomic mass is 10.0. The minimum Gasteiger partial charge on any atom is -0.294 e. The molecule has 0 atom stereocenters. The maximum absolute atomic E-state index is 11.6. The Balaban J connectivity index is 2.48. The topological polar surface area (TPSA) is 47.3 Å². The average Bonchev–Trinajstić information content (AvgIpc) is 2.62. The Morgan fingerprint density at radius 2 is 2.21 bits per heavy atom. The molecule has 0 amide bonds. The maximum atomic E-state index is 11.6. The van der Waals surface area contributed by atoms with Crippen LogP contribution in [0.5, 0.6) is 0 Å². The first kappa shape index (κ1) is 8.87. The Morgan fingerprint density at radius 3 is 2.93 bits per heavy atom. The Kier molecular flexibility index (Phi) is 2.04. The molecule has 72 valence electrons. The van der Waals surface area contributed by atoms with Gasteiger partial charge in [-0.25, -0.2) is 9.97 Å². The number of rotatable bonds is 2. The third-order valence-electron chi connectivity index (χ3n) is 2.05. The van der Waals surface area contributed by atoms with E-state index < -0.39 is 0 Å². The first-order chi connectivity index (χ1) is 6.68. The van der Waals surface area contributed by atoms with E-state index in [2.05, 4.69) is 9.97 Å². The number of fused-ring (bicyclic) bond motifs is 1. The largest absolute Gasteiger partial charge is 0.294 e. The third kappa shape index (κ3) is 1.39. The van der Waals surface area contributed by atoms with Gasteiger partial charge in [0.2, 0.25) is 5.78 Å². The van der Waals surface area contributed by atoms with Crippen molar-refractivity contribution >= 4 is 11.6 Å². The number of aromatic nitrogens is 3. The summed E-state index contributed by atoms with van der Waals surface area (Å²) in [6.07, 6.45) is 6.77. The highest BCUT2D eigenvalue weighted by molar-refractivity contribution is 5.96. The maximum Gasteiger partial charge on any atom is 0.233 e. The van der Waals surface area contributed by atoms with Crippen molar-refractivity contribution in [3.63, 3.8) is 0 Å². The van der Waals surface area contributed by atoms with E-state index in [1.54, 1.807) is 29.2 Å². The van der Waals surface area contributed by atoms with Crippen molar-refractivity contribution in [1.82, 2.24) is 14.4 Å². The normalized spacial score (nSPS) is 11.1. The molecule has 4 heteroatoms. The molecule has 0 bridgehead atoms. The van der Waals surface area contributed by atoms with E-state index in [1.807, 2.05) is 13.8 Å².